The average molecular weight is 306 g/mol. The number of hydrogen-bond donors (Lipinski definition) is 1. The molecule has 0 aliphatic rings. The zero-order valence-corrected chi connectivity index (χ0v) is 13.0. The van der Waals surface area contributed by atoms with E-state index >= 15 is 0 Å². The predicted octanol–water partition coefficient (Wildman–Crippen LogP) is 2.43. The van der Waals surface area contributed by atoms with Crippen LogP contribution in [0.15, 0.2) is 23.1 Å². The SMILES string of the molecule is Cc1ccc(S(=O)(=O)N(CCCO)C(C)C)c(Cl)c1. The second-order valence-electron chi connectivity index (χ2n) is 4.72. The highest BCUT2D eigenvalue weighted by Crippen LogP contribution is 2.26. The molecule has 4 nitrogen and oxygen atoms in total. The molecule has 0 spiro atoms. The maximum atomic E-state index is 12.6. The van der Waals surface area contributed by atoms with Crippen molar-refractivity contribution in [2.45, 2.75) is 38.1 Å². The number of aryl methyl sites for hydroxylation is 1. The van der Waals surface area contributed by atoms with E-state index in [0.29, 0.717) is 6.42 Å². The Hall–Kier alpha value is -0.620. The number of sulfonamides is 1. The van der Waals surface area contributed by atoms with Gasteiger partial charge in [-0.1, -0.05) is 17.7 Å². The molecule has 0 heterocycles. The van der Waals surface area contributed by atoms with Crippen LogP contribution in [0.4, 0.5) is 0 Å². The molecule has 0 amide bonds. The molecule has 1 aromatic carbocycles. The van der Waals surface area contributed by atoms with Crippen molar-refractivity contribution in [3.63, 3.8) is 0 Å². The number of hydrogen-bond acceptors (Lipinski definition) is 3. The van der Waals surface area contributed by atoms with Gasteiger partial charge in [0, 0.05) is 19.2 Å². The van der Waals surface area contributed by atoms with Gasteiger partial charge in [-0.2, -0.15) is 4.31 Å². The molecule has 1 aromatic rings. The Kier molecular flexibility index (Phi) is 5.80. The molecule has 108 valence electrons. The molecule has 0 unspecified atom stereocenters. The van der Waals surface area contributed by atoms with Crippen LogP contribution < -0.4 is 0 Å². The van der Waals surface area contributed by atoms with Crippen LogP contribution in [-0.2, 0) is 10.0 Å². The van der Waals surface area contributed by atoms with Gasteiger partial charge in [-0.05, 0) is 44.9 Å². The summed E-state index contributed by atoms with van der Waals surface area (Å²) in [7, 11) is -3.63. The third-order valence-electron chi connectivity index (χ3n) is 2.79. The molecular formula is C13H20ClNO3S. The van der Waals surface area contributed by atoms with Crippen molar-refractivity contribution in [3.8, 4) is 0 Å². The van der Waals surface area contributed by atoms with Crippen molar-refractivity contribution in [1.29, 1.82) is 0 Å². The first-order valence-electron chi connectivity index (χ1n) is 6.19. The summed E-state index contributed by atoms with van der Waals surface area (Å²) in [6.07, 6.45) is 0.404. The third-order valence-corrected chi connectivity index (χ3v) is 5.34. The van der Waals surface area contributed by atoms with E-state index in [1.165, 1.54) is 10.4 Å². The van der Waals surface area contributed by atoms with Crippen molar-refractivity contribution < 1.29 is 13.5 Å². The molecule has 0 saturated carbocycles. The lowest BCUT2D eigenvalue weighted by Crippen LogP contribution is -2.38. The van der Waals surface area contributed by atoms with Gasteiger partial charge in [0.15, 0.2) is 0 Å². The Bertz CT molecular complexity index is 529. The van der Waals surface area contributed by atoms with Gasteiger partial charge in [-0.25, -0.2) is 8.42 Å². The highest BCUT2D eigenvalue weighted by Gasteiger charge is 2.28. The lowest BCUT2D eigenvalue weighted by atomic mass is 10.2. The molecule has 0 radical (unpaired) electrons. The molecule has 0 aliphatic heterocycles. The van der Waals surface area contributed by atoms with Gasteiger partial charge < -0.3 is 5.11 Å². The van der Waals surface area contributed by atoms with Crippen molar-refractivity contribution in [2.75, 3.05) is 13.2 Å². The zero-order chi connectivity index (χ0) is 14.6. The minimum Gasteiger partial charge on any atom is -0.396 e. The van der Waals surface area contributed by atoms with E-state index in [1.54, 1.807) is 26.0 Å². The number of benzene rings is 1. The maximum absolute atomic E-state index is 12.6. The molecule has 0 fully saturated rings. The maximum Gasteiger partial charge on any atom is 0.244 e. The summed E-state index contributed by atoms with van der Waals surface area (Å²) < 4.78 is 26.5. The lowest BCUT2D eigenvalue weighted by Gasteiger charge is -2.26. The number of aliphatic hydroxyl groups excluding tert-OH is 1. The number of nitrogens with zero attached hydrogens (tertiary/aromatic N) is 1. The Labute approximate surface area is 120 Å². The van der Waals surface area contributed by atoms with E-state index in [0.717, 1.165) is 5.56 Å². The summed E-state index contributed by atoms with van der Waals surface area (Å²) in [5, 5.41) is 9.11. The molecule has 0 aliphatic carbocycles. The minimum absolute atomic E-state index is 0.0413. The van der Waals surface area contributed by atoms with Crippen molar-refractivity contribution in [1.82, 2.24) is 4.31 Å². The van der Waals surface area contributed by atoms with Gasteiger partial charge in [0.2, 0.25) is 10.0 Å². The molecule has 6 heteroatoms. The van der Waals surface area contributed by atoms with Gasteiger partial charge in [0.1, 0.15) is 4.90 Å². The average Bonchev–Trinajstić information content (AvgIpc) is 2.27. The van der Waals surface area contributed by atoms with E-state index in [2.05, 4.69) is 0 Å². The monoisotopic (exact) mass is 305 g/mol. The summed E-state index contributed by atoms with van der Waals surface area (Å²) >= 11 is 6.04. The molecule has 1 N–H and O–H groups in total. The van der Waals surface area contributed by atoms with Crippen LogP contribution in [0.25, 0.3) is 0 Å². The first kappa shape index (κ1) is 16.4. The van der Waals surface area contributed by atoms with Gasteiger partial charge >= 0.3 is 0 Å². The Morgan fingerprint density at radius 3 is 2.47 bits per heavy atom. The molecule has 19 heavy (non-hydrogen) atoms. The molecule has 0 aromatic heterocycles. The zero-order valence-electron chi connectivity index (χ0n) is 11.4. The van der Waals surface area contributed by atoms with Gasteiger partial charge in [0.25, 0.3) is 0 Å². The highest BCUT2D eigenvalue weighted by atomic mass is 35.5. The van der Waals surface area contributed by atoms with Gasteiger partial charge in [-0.15, -0.1) is 0 Å². The van der Waals surface area contributed by atoms with E-state index < -0.39 is 10.0 Å². The smallest absolute Gasteiger partial charge is 0.244 e. The normalized spacial score (nSPS) is 12.4. The Balaban J connectivity index is 3.19. The van der Waals surface area contributed by atoms with E-state index in [-0.39, 0.29) is 29.1 Å². The van der Waals surface area contributed by atoms with Crippen molar-refractivity contribution in [2.24, 2.45) is 0 Å². The Morgan fingerprint density at radius 1 is 1.37 bits per heavy atom. The quantitative estimate of drug-likeness (QED) is 0.878. The number of rotatable bonds is 6. The van der Waals surface area contributed by atoms with Gasteiger partial charge in [0.05, 0.1) is 5.02 Å². The minimum atomic E-state index is -3.63. The standard InChI is InChI=1S/C13H20ClNO3S/c1-10(2)15(7-4-8-16)19(17,18)13-6-5-11(3)9-12(13)14/h5-6,9-10,16H,4,7-8H2,1-3H3. The fourth-order valence-corrected chi connectivity index (χ4v) is 4.07. The van der Waals surface area contributed by atoms with E-state index in [1.807, 2.05) is 6.92 Å². The molecular weight excluding hydrogens is 286 g/mol. The Morgan fingerprint density at radius 2 is 2.00 bits per heavy atom. The second-order valence-corrected chi connectivity index (χ2v) is 6.99. The van der Waals surface area contributed by atoms with Crippen LogP contribution in [0.2, 0.25) is 5.02 Å². The predicted molar refractivity (Wildman–Crippen MR) is 76.9 cm³/mol. The fourth-order valence-electron chi connectivity index (χ4n) is 1.82. The van der Waals surface area contributed by atoms with Crippen LogP contribution in [0.3, 0.4) is 0 Å². The summed E-state index contributed by atoms with van der Waals surface area (Å²) in [4.78, 5) is 0.117. The summed E-state index contributed by atoms with van der Waals surface area (Å²) in [5.41, 5.74) is 0.912. The largest absolute Gasteiger partial charge is 0.396 e. The number of aliphatic hydroxyl groups is 1. The van der Waals surface area contributed by atoms with Crippen molar-refractivity contribution >= 4 is 21.6 Å². The van der Waals surface area contributed by atoms with Crippen LogP contribution >= 0.6 is 11.6 Å². The summed E-state index contributed by atoms with van der Waals surface area (Å²) in [5.74, 6) is 0. The molecule has 0 saturated heterocycles. The van der Waals surface area contributed by atoms with Crippen LogP contribution in [0, 0.1) is 6.92 Å². The molecule has 0 atom stereocenters. The molecule has 1 rings (SSSR count). The number of halogens is 1. The van der Waals surface area contributed by atoms with Crippen LogP contribution in [0.5, 0.6) is 0 Å². The summed E-state index contributed by atoms with van der Waals surface area (Å²) in [6.45, 7) is 5.70. The highest BCUT2D eigenvalue weighted by molar-refractivity contribution is 7.89. The fraction of sp³-hybridized carbons (Fsp3) is 0.538. The molecule has 0 bridgehead atoms. The lowest BCUT2D eigenvalue weighted by molar-refractivity contribution is 0.258. The summed E-state index contributed by atoms with van der Waals surface area (Å²) in [6, 6.07) is 4.71. The van der Waals surface area contributed by atoms with Crippen LogP contribution in [-0.4, -0.2) is 37.0 Å². The first-order valence-corrected chi connectivity index (χ1v) is 8.01. The van der Waals surface area contributed by atoms with Gasteiger partial charge in [-0.3, -0.25) is 0 Å². The second kappa shape index (κ2) is 6.70. The van der Waals surface area contributed by atoms with E-state index in [9.17, 15) is 8.42 Å². The van der Waals surface area contributed by atoms with Crippen LogP contribution in [0.1, 0.15) is 25.8 Å². The topological polar surface area (TPSA) is 57.6 Å². The van der Waals surface area contributed by atoms with E-state index in [4.69, 9.17) is 16.7 Å². The van der Waals surface area contributed by atoms with Crippen molar-refractivity contribution in [3.05, 3.63) is 28.8 Å². The third kappa shape index (κ3) is 3.92. The first-order chi connectivity index (χ1) is 8.80.